The average molecular weight is 472 g/mol. The summed E-state index contributed by atoms with van der Waals surface area (Å²) < 4.78 is 2.17. The summed E-state index contributed by atoms with van der Waals surface area (Å²) in [5, 5.41) is 0. The van der Waals surface area contributed by atoms with Crippen LogP contribution in [0.2, 0.25) is 0 Å². The van der Waals surface area contributed by atoms with E-state index in [1.165, 1.54) is 31.6 Å². The van der Waals surface area contributed by atoms with Crippen molar-refractivity contribution in [1.29, 1.82) is 0 Å². The Kier molecular flexibility index (Phi) is 6.23. The van der Waals surface area contributed by atoms with Gasteiger partial charge >= 0.3 is 0 Å². The summed E-state index contributed by atoms with van der Waals surface area (Å²) in [7, 11) is 2.08. The van der Waals surface area contributed by atoms with Crippen LogP contribution >= 0.6 is 0 Å². The number of imidazole rings is 1. The minimum absolute atomic E-state index is 0.103. The number of rotatable bonds is 4. The summed E-state index contributed by atoms with van der Waals surface area (Å²) in [5.74, 6) is 1.46. The smallest absolute Gasteiger partial charge is 0.227 e. The molecule has 0 saturated carbocycles. The first-order valence-electron chi connectivity index (χ1n) is 13.5. The van der Waals surface area contributed by atoms with Crippen LogP contribution in [0, 0.1) is 5.92 Å². The summed E-state index contributed by atoms with van der Waals surface area (Å²) in [5.41, 5.74) is 4.48. The van der Waals surface area contributed by atoms with Gasteiger partial charge in [0.25, 0.3) is 0 Å². The van der Waals surface area contributed by atoms with E-state index in [4.69, 9.17) is 4.98 Å². The van der Waals surface area contributed by atoms with Crippen molar-refractivity contribution in [3.63, 3.8) is 0 Å². The van der Waals surface area contributed by atoms with Gasteiger partial charge in [0.15, 0.2) is 0 Å². The molecule has 1 atom stereocenters. The number of nitrogens with zero attached hydrogens (tertiary/aromatic N) is 5. The van der Waals surface area contributed by atoms with Crippen LogP contribution in [0.4, 0.5) is 5.69 Å². The van der Waals surface area contributed by atoms with Crippen molar-refractivity contribution < 1.29 is 4.79 Å². The molecule has 3 aliphatic heterocycles. The lowest BCUT2D eigenvalue weighted by Crippen LogP contribution is -2.50. The molecule has 1 aromatic heterocycles. The van der Waals surface area contributed by atoms with Crippen LogP contribution in [0.1, 0.15) is 38.5 Å². The molecule has 3 fully saturated rings. The lowest BCUT2D eigenvalue weighted by molar-refractivity contribution is -0.137. The predicted octanol–water partition coefficient (Wildman–Crippen LogP) is 4.54. The summed E-state index contributed by atoms with van der Waals surface area (Å²) >= 11 is 0. The Morgan fingerprint density at radius 1 is 0.886 bits per heavy atom. The number of carbonyl (C=O) groups excluding carboxylic acids is 1. The largest absolute Gasteiger partial charge is 0.371 e. The van der Waals surface area contributed by atoms with Gasteiger partial charge in [-0.15, -0.1) is 0 Å². The molecule has 3 aliphatic rings. The number of piperidine rings is 2. The number of para-hydroxylation sites is 2. The molecular formula is C29H37N5O. The zero-order valence-electron chi connectivity index (χ0n) is 20.9. The van der Waals surface area contributed by atoms with Crippen molar-refractivity contribution in [2.45, 2.75) is 44.6 Å². The fraction of sp³-hybridized carbons (Fsp3) is 0.517. The maximum absolute atomic E-state index is 13.5. The summed E-state index contributed by atoms with van der Waals surface area (Å²) in [6, 6.07) is 17.7. The fourth-order valence-electron chi connectivity index (χ4n) is 6.47. The third kappa shape index (κ3) is 4.44. The third-order valence-corrected chi connectivity index (χ3v) is 8.46. The van der Waals surface area contributed by atoms with Crippen LogP contribution in [0.15, 0.2) is 48.5 Å². The summed E-state index contributed by atoms with van der Waals surface area (Å²) in [6.45, 7) is 6.19. The van der Waals surface area contributed by atoms with Crippen molar-refractivity contribution in [1.82, 2.24) is 19.4 Å². The highest BCUT2D eigenvalue weighted by Crippen LogP contribution is 2.30. The molecule has 6 heteroatoms. The number of hydrogen-bond acceptors (Lipinski definition) is 4. The van der Waals surface area contributed by atoms with Gasteiger partial charge in [-0.1, -0.05) is 24.3 Å². The van der Waals surface area contributed by atoms with Crippen LogP contribution in [-0.4, -0.2) is 70.6 Å². The molecule has 0 bridgehead atoms. The Morgan fingerprint density at radius 3 is 2.49 bits per heavy atom. The van der Waals surface area contributed by atoms with Crippen molar-refractivity contribution in [2.75, 3.05) is 44.2 Å². The van der Waals surface area contributed by atoms with Crippen molar-refractivity contribution in [3.05, 3.63) is 48.5 Å². The second-order valence-electron chi connectivity index (χ2n) is 10.6. The standard InChI is InChI=1S/C29H37N5O/c1-31-27-12-3-2-11-26(27)30-28(31)22-8-6-10-25(20-22)34-17-7-9-23(21-34)29(35)33-18-13-24(14-19-33)32-15-4-5-16-32/h2-3,6,8,10-12,20,23-24H,4-5,7,9,13-19,21H2,1H3/t23-/m1/s1. The molecule has 0 N–H and O–H groups in total. The first kappa shape index (κ1) is 22.6. The van der Waals surface area contributed by atoms with Gasteiger partial charge in [-0.05, 0) is 75.9 Å². The van der Waals surface area contributed by atoms with E-state index in [-0.39, 0.29) is 5.92 Å². The molecule has 0 unspecified atom stereocenters. The second kappa shape index (κ2) is 9.65. The molecule has 0 radical (unpaired) electrons. The van der Waals surface area contributed by atoms with Gasteiger partial charge in [-0.2, -0.15) is 0 Å². The minimum Gasteiger partial charge on any atom is -0.371 e. The predicted molar refractivity (Wildman–Crippen MR) is 141 cm³/mol. The molecule has 0 spiro atoms. The first-order valence-corrected chi connectivity index (χ1v) is 13.5. The number of aryl methyl sites for hydroxylation is 1. The van der Waals surface area contributed by atoms with Crippen LogP contribution in [0.5, 0.6) is 0 Å². The molecule has 3 aromatic rings. The molecule has 35 heavy (non-hydrogen) atoms. The van der Waals surface area contributed by atoms with E-state index in [0.717, 1.165) is 74.3 Å². The highest BCUT2D eigenvalue weighted by molar-refractivity contribution is 5.82. The Morgan fingerprint density at radius 2 is 1.69 bits per heavy atom. The zero-order chi connectivity index (χ0) is 23.8. The van der Waals surface area contributed by atoms with Gasteiger partial charge in [-0.25, -0.2) is 4.98 Å². The number of likely N-dealkylation sites (tertiary alicyclic amines) is 2. The van der Waals surface area contributed by atoms with Crippen molar-refractivity contribution in [2.24, 2.45) is 13.0 Å². The number of amides is 1. The minimum atomic E-state index is 0.103. The quantitative estimate of drug-likeness (QED) is 0.560. The molecular weight excluding hydrogens is 434 g/mol. The van der Waals surface area contributed by atoms with Crippen LogP contribution in [0.25, 0.3) is 22.4 Å². The Balaban J connectivity index is 1.14. The van der Waals surface area contributed by atoms with E-state index in [1.54, 1.807) is 0 Å². The van der Waals surface area contributed by atoms with Crippen LogP contribution in [0.3, 0.4) is 0 Å². The highest BCUT2D eigenvalue weighted by Gasteiger charge is 2.33. The van der Waals surface area contributed by atoms with Gasteiger partial charge in [0, 0.05) is 50.5 Å². The second-order valence-corrected chi connectivity index (χ2v) is 10.6. The lowest BCUT2D eigenvalue weighted by atomic mass is 9.94. The molecule has 6 nitrogen and oxygen atoms in total. The van der Waals surface area contributed by atoms with E-state index in [9.17, 15) is 4.79 Å². The van der Waals surface area contributed by atoms with Gasteiger partial charge in [0.1, 0.15) is 5.82 Å². The average Bonchev–Trinajstić information content (AvgIpc) is 3.57. The van der Waals surface area contributed by atoms with Gasteiger partial charge in [0.2, 0.25) is 5.91 Å². The number of carbonyl (C=O) groups is 1. The molecule has 1 amide bonds. The third-order valence-electron chi connectivity index (χ3n) is 8.46. The van der Waals surface area contributed by atoms with E-state index in [0.29, 0.717) is 11.9 Å². The van der Waals surface area contributed by atoms with Gasteiger partial charge in [0.05, 0.1) is 17.0 Å². The first-order chi connectivity index (χ1) is 17.2. The number of hydrogen-bond donors (Lipinski definition) is 0. The van der Waals surface area contributed by atoms with E-state index in [2.05, 4.69) is 68.8 Å². The SMILES string of the molecule is Cn1c(-c2cccc(N3CCC[C@@H](C(=O)N4CCC(N5CCCC5)CC4)C3)c2)nc2ccccc21. The number of benzene rings is 2. The van der Waals surface area contributed by atoms with Gasteiger partial charge in [-0.3, -0.25) is 4.79 Å². The number of aromatic nitrogens is 2. The van der Waals surface area contributed by atoms with Crippen molar-refractivity contribution >= 4 is 22.6 Å². The number of fused-ring (bicyclic) bond motifs is 1. The fourth-order valence-corrected chi connectivity index (χ4v) is 6.47. The van der Waals surface area contributed by atoms with Crippen LogP contribution in [-0.2, 0) is 11.8 Å². The monoisotopic (exact) mass is 471 g/mol. The molecule has 184 valence electrons. The molecule has 4 heterocycles. The zero-order valence-corrected chi connectivity index (χ0v) is 20.9. The topological polar surface area (TPSA) is 44.6 Å². The Hall–Kier alpha value is -2.86. The van der Waals surface area contributed by atoms with Gasteiger partial charge < -0.3 is 19.3 Å². The van der Waals surface area contributed by atoms with Crippen molar-refractivity contribution in [3.8, 4) is 11.4 Å². The molecule has 0 aliphatic carbocycles. The van der Waals surface area contributed by atoms with E-state index < -0.39 is 0 Å². The normalized spacial score (nSPS) is 22.3. The summed E-state index contributed by atoms with van der Waals surface area (Å²) in [4.78, 5) is 25.6. The van der Waals surface area contributed by atoms with E-state index >= 15 is 0 Å². The number of anilines is 1. The maximum Gasteiger partial charge on any atom is 0.227 e. The molecule has 2 aromatic carbocycles. The van der Waals surface area contributed by atoms with Crippen LogP contribution < -0.4 is 4.90 Å². The highest BCUT2D eigenvalue weighted by atomic mass is 16.2. The molecule has 3 saturated heterocycles. The molecule has 6 rings (SSSR count). The summed E-state index contributed by atoms with van der Waals surface area (Å²) in [6.07, 6.45) is 7.04. The maximum atomic E-state index is 13.5. The Labute approximate surface area is 208 Å². The Bertz CT molecular complexity index is 1190. The lowest BCUT2D eigenvalue weighted by Gasteiger charge is -2.40. The van der Waals surface area contributed by atoms with E-state index in [1.807, 2.05) is 6.07 Å².